The summed E-state index contributed by atoms with van der Waals surface area (Å²) in [6, 6.07) is 15.7. The minimum Gasteiger partial charge on any atom is -0.385 e. The van der Waals surface area contributed by atoms with Crippen LogP contribution >= 0.6 is 0 Å². The maximum Gasteiger partial charge on any atom is 0.229 e. The highest BCUT2D eigenvalue weighted by atomic mass is 15.2. The van der Waals surface area contributed by atoms with Crippen molar-refractivity contribution in [2.75, 3.05) is 22.5 Å². The Kier molecular flexibility index (Phi) is 5.10. The van der Waals surface area contributed by atoms with Gasteiger partial charge in [0.2, 0.25) is 5.95 Å². The van der Waals surface area contributed by atoms with E-state index in [0.29, 0.717) is 23.4 Å². The molecule has 1 aliphatic rings. The lowest BCUT2D eigenvalue weighted by Crippen LogP contribution is -2.11. The Morgan fingerprint density at radius 3 is 2.65 bits per heavy atom. The number of aryl methyl sites for hydroxylation is 2. The van der Waals surface area contributed by atoms with Gasteiger partial charge < -0.3 is 16.0 Å². The standard InChI is InChI=1S/C23H22N8/c1-15-4-2-6-19(27-15)22-25-12-9-20(30-22)29-21-10-13-26-23(31-21)28-17-7-8-18-16(14-17)5-3-11-24-18/h2,4,6-10,12-14,24H,3,5,11H2,1H3,(H2,25,26,28,29,30,31). The summed E-state index contributed by atoms with van der Waals surface area (Å²) in [5.74, 6) is 2.35. The molecule has 0 aliphatic carbocycles. The van der Waals surface area contributed by atoms with Crippen LogP contribution in [0.1, 0.15) is 17.7 Å². The second-order valence-corrected chi connectivity index (χ2v) is 7.35. The summed E-state index contributed by atoms with van der Waals surface area (Å²) < 4.78 is 0. The van der Waals surface area contributed by atoms with E-state index in [1.54, 1.807) is 24.5 Å². The molecule has 0 fully saturated rings. The van der Waals surface area contributed by atoms with Crippen molar-refractivity contribution in [2.45, 2.75) is 19.8 Å². The van der Waals surface area contributed by atoms with Crippen molar-refractivity contribution < 1.29 is 0 Å². The second-order valence-electron chi connectivity index (χ2n) is 7.35. The summed E-state index contributed by atoms with van der Waals surface area (Å²) in [6.45, 7) is 2.97. The fourth-order valence-corrected chi connectivity index (χ4v) is 3.52. The van der Waals surface area contributed by atoms with Crippen LogP contribution in [0, 0.1) is 6.92 Å². The molecular formula is C23H22N8. The zero-order valence-electron chi connectivity index (χ0n) is 17.1. The van der Waals surface area contributed by atoms with Crippen LogP contribution in [0.25, 0.3) is 11.5 Å². The van der Waals surface area contributed by atoms with E-state index < -0.39 is 0 Å². The van der Waals surface area contributed by atoms with Gasteiger partial charge in [-0.25, -0.2) is 19.9 Å². The molecule has 154 valence electrons. The summed E-state index contributed by atoms with van der Waals surface area (Å²) in [6.07, 6.45) is 5.63. The first-order chi connectivity index (χ1) is 15.2. The first-order valence-electron chi connectivity index (χ1n) is 10.2. The predicted octanol–water partition coefficient (Wildman–Crippen LogP) is 4.48. The Hall–Kier alpha value is -4.07. The molecule has 0 saturated heterocycles. The van der Waals surface area contributed by atoms with E-state index in [-0.39, 0.29) is 0 Å². The van der Waals surface area contributed by atoms with Gasteiger partial charge in [0.1, 0.15) is 17.3 Å². The van der Waals surface area contributed by atoms with Crippen LogP contribution < -0.4 is 16.0 Å². The Balaban J connectivity index is 1.33. The van der Waals surface area contributed by atoms with Gasteiger partial charge in [-0.1, -0.05) is 6.07 Å². The van der Waals surface area contributed by atoms with Crippen molar-refractivity contribution in [1.29, 1.82) is 0 Å². The number of nitrogens with one attached hydrogen (secondary N) is 3. The van der Waals surface area contributed by atoms with Gasteiger partial charge in [0.25, 0.3) is 0 Å². The molecule has 0 unspecified atom stereocenters. The molecule has 3 aromatic heterocycles. The molecule has 0 amide bonds. The zero-order valence-corrected chi connectivity index (χ0v) is 17.1. The third-order valence-corrected chi connectivity index (χ3v) is 4.98. The lowest BCUT2D eigenvalue weighted by molar-refractivity contribution is 0.830. The highest BCUT2D eigenvalue weighted by Crippen LogP contribution is 2.26. The minimum absolute atomic E-state index is 0.517. The first kappa shape index (κ1) is 18.9. The van der Waals surface area contributed by atoms with Gasteiger partial charge in [0, 0.05) is 36.0 Å². The van der Waals surface area contributed by atoms with E-state index in [0.717, 1.165) is 36.5 Å². The Morgan fingerprint density at radius 2 is 1.74 bits per heavy atom. The number of anilines is 5. The van der Waals surface area contributed by atoms with Crippen molar-refractivity contribution in [2.24, 2.45) is 0 Å². The van der Waals surface area contributed by atoms with Gasteiger partial charge in [-0.3, -0.25) is 0 Å². The highest BCUT2D eigenvalue weighted by Gasteiger charge is 2.10. The van der Waals surface area contributed by atoms with Gasteiger partial charge in [-0.2, -0.15) is 4.98 Å². The number of nitrogens with zero attached hydrogens (tertiary/aromatic N) is 5. The average Bonchev–Trinajstić information content (AvgIpc) is 2.79. The number of rotatable bonds is 5. The van der Waals surface area contributed by atoms with Gasteiger partial charge in [0.05, 0.1) is 0 Å². The van der Waals surface area contributed by atoms with Crippen LogP contribution in [-0.4, -0.2) is 31.5 Å². The summed E-state index contributed by atoms with van der Waals surface area (Å²) in [4.78, 5) is 22.3. The van der Waals surface area contributed by atoms with Crippen molar-refractivity contribution >= 4 is 29.0 Å². The van der Waals surface area contributed by atoms with Gasteiger partial charge >= 0.3 is 0 Å². The third-order valence-electron chi connectivity index (χ3n) is 4.98. The Labute approximate surface area is 180 Å². The molecule has 8 nitrogen and oxygen atoms in total. The van der Waals surface area contributed by atoms with E-state index in [1.807, 2.05) is 31.2 Å². The summed E-state index contributed by atoms with van der Waals surface area (Å²) in [7, 11) is 0. The number of pyridine rings is 1. The molecule has 0 atom stereocenters. The smallest absolute Gasteiger partial charge is 0.229 e. The van der Waals surface area contributed by atoms with Crippen molar-refractivity contribution in [3.8, 4) is 11.5 Å². The third kappa shape index (κ3) is 4.42. The van der Waals surface area contributed by atoms with Crippen molar-refractivity contribution in [3.63, 3.8) is 0 Å². The fraction of sp³-hybridized carbons (Fsp3) is 0.174. The molecule has 8 heteroatoms. The fourth-order valence-electron chi connectivity index (χ4n) is 3.52. The van der Waals surface area contributed by atoms with Gasteiger partial charge in [-0.15, -0.1) is 0 Å². The molecule has 0 spiro atoms. The SMILES string of the molecule is Cc1cccc(-c2nccc(Nc3ccnc(Nc4ccc5c(c4)CCCN5)n3)n2)n1. The quantitative estimate of drug-likeness (QED) is 0.443. The number of fused-ring (bicyclic) bond motifs is 1. The summed E-state index contributed by atoms with van der Waals surface area (Å²) >= 11 is 0. The Bertz CT molecular complexity index is 1220. The number of aromatic nitrogens is 5. The molecule has 0 bridgehead atoms. The van der Waals surface area contributed by atoms with E-state index in [1.165, 1.54) is 11.3 Å². The van der Waals surface area contributed by atoms with E-state index in [4.69, 9.17) is 0 Å². The van der Waals surface area contributed by atoms with Crippen LogP contribution in [-0.2, 0) is 6.42 Å². The molecular weight excluding hydrogens is 388 g/mol. The van der Waals surface area contributed by atoms with Crippen LogP contribution in [0.2, 0.25) is 0 Å². The predicted molar refractivity (Wildman–Crippen MR) is 122 cm³/mol. The number of benzene rings is 1. The molecule has 1 aromatic carbocycles. The first-order valence-corrected chi connectivity index (χ1v) is 10.2. The van der Waals surface area contributed by atoms with E-state index >= 15 is 0 Å². The summed E-state index contributed by atoms with van der Waals surface area (Å²) in [5.41, 5.74) is 5.13. The molecule has 4 heterocycles. The highest BCUT2D eigenvalue weighted by molar-refractivity contribution is 5.64. The van der Waals surface area contributed by atoms with Crippen LogP contribution in [0.15, 0.2) is 60.9 Å². The number of hydrogen-bond acceptors (Lipinski definition) is 8. The Morgan fingerprint density at radius 1 is 0.871 bits per heavy atom. The maximum atomic E-state index is 4.57. The van der Waals surface area contributed by atoms with Crippen molar-refractivity contribution in [3.05, 3.63) is 72.2 Å². The molecule has 0 radical (unpaired) electrons. The lowest BCUT2D eigenvalue weighted by atomic mass is 10.0. The van der Waals surface area contributed by atoms with Gasteiger partial charge in [0.15, 0.2) is 5.82 Å². The molecule has 31 heavy (non-hydrogen) atoms. The van der Waals surface area contributed by atoms with Crippen LogP contribution in [0.5, 0.6) is 0 Å². The van der Waals surface area contributed by atoms with Crippen molar-refractivity contribution in [1.82, 2.24) is 24.9 Å². The number of hydrogen-bond donors (Lipinski definition) is 3. The average molecular weight is 410 g/mol. The van der Waals surface area contributed by atoms with E-state index in [9.17, 15) is 0 Å². The lowest BCUT2D eigenvalue weighted by Gasteiger charge is -2.18. The second kappa shape index (κ2) is 8.35. The monoisotopic (exact) mass is 410 g/mol. The molecule has 4 aromatic rings. The maximum absolute atomic E-state index is 4.57. The topological polar surface area (TPSA) is 101 Å². The van der Waals surface area contributed by atoms with Gasteiger partial charge in [-0.05, 0) is 67.8 Å². The summed E-state index contributed by atoms with van der Waals surface area (Å²) in [5, 5.41) is 9.94. The van der Waals surface area contributed by atoms with E-state index in [2.05, 4.69) is 53.0 Å². The molecule has 0 saturated carbocycles. The molecule has 3 N–H and O–H groups in total. The zero-order chi connectivity index (χ0) is 21.0. The normalized spacial score (nSPS) is 12.5. The minimum atomic E-state index is 0.517. The largest absolute Gasteiger partial charge is 0.385 e. The molecule has 5 rings (SSSR count). The van der Waals surface area contributed by atoms with Crippen LogP contribution in [0.3, 0.4) is 0 Å². The van der Waals surface area contributed by atoms with Crippen LogP contribution in [0.4, 0.5) is 29.0 Å². The molecule has 1 aliphatic heterocycles.